The van der Waals surface area contributed by atoms with Gasteiger partial charge in [0.25, 0.3) is 0 Å². The van der Waals surface area contributed by atoms with E-state index in [1.165, 1.54) is 11.6 Å². The average molecular weight is 490 g/mol. The number of piperidine rings is 1. The lowest BCUT2D eigenvalue weighted by Gasteiger charge is -2.38. The monoisotopic (exact) mass is 489 g/mol. The van der Waals surface area contributed by atoms with Crippen LogP contribution in [0.1, 0.15) is 37.8 Å². The Morgan fingerprint density at radius 3 is 2.50 bits per heavy atom. The molecule has 1 aromatic rings. The third-order valence-electron chi connectivity index (χ3n) is 7.05. The van der Waals surface area contributed by atoms with Crippen molar-refractivity contribution >= 4 is 24.4 Å². The maximum Gasteiger partial charge on any atom is 0.320 e. The van der Waals surface area contributed by atoms with Crippen molar-refractivity contribution in [2.24, 2.45) is 5.92 Å². The number of rotatable bonds is 9. The molecule has 8 heteroatoms. The third-order valence-corrected chi connectivity index (χ3v) is 7.64. The molecule has 1 aliphatic carbocycles. The topological polar surface area (TPSA) is 53.1 Å². The van der Waals surface area contributed by atoms with Crippen LogP contribution in [0.25, 0.3) is 0 Å². The number of hydrogen-bond donors (Lipinski definition) is 1. The minimum atomic E-state index is -0.524. The normalized spacial score (nSPS) is 24.8. The number of benzene rings is 1. The van der Waals surface area contributed by atoms with Gasteiger partial charge in [-0.3, -0.25) is 24.3 Å². The maximum atomic E-state index is 14.7. The number of Topliss-reactive ketones (excluding diaryl/α,β-unsaturated/α-hetero) is 1. The van der Waals surface area contributed by atoms with Crippen molar-refractivity contribution in [3.8, 4) is 0 Å². The quantitative estimate of drug-likeness (QED) is 0.327. The highest BCUT2D eigenvalue weighted by molar-refractivity contribution is 7.81. The summed E-state index contributed by atoms with van der Waals surface area (Å²) in [5.41, 5.74) is 1.70. The molecule has 34 heavy (non-hydrogen) atoms. The number of thiol groups is 1. The predicted molar refractivity (Wildman–Crippen MR) is 133 cm³/mol. The number of carbonyl (C=O) groups is 2. The van der Waals surface area contributed by atoms with E-state index in [1.54, 1.807) is 12.1 Å². The summed E-state index contributed by atoms with van der Waals surface area (Å²) in [5.74, 6) is -0.249. The van der Waals surface area contributed by atoms with Crippen LogP contribution in [0, 0.1) is 11.7 Å². The first kappa shape index (κ1) is 25.4. The first-order valence-corrected chi connectivity index (χ1v) is 13.0. The van der Waals surface area contributed by atoms with Gasteiger partial charge in [0.05, 0.1) is 19.2 Å². The summed E-state index contributed by atoms with van der Waals surface area (Å²) in [5, 5.41) is 0.152. The number of nitrogens with zero attached hydrogens (tertiary/aromatic N) is 3. The number of likely N-dealkylation sites (tertiary alicyclic amines) is 1. The molecule has 1 aromatic carbocycles. The van der Waals surface area contributed by atoms with Crippen LogP contribution in [0.4, 0.5) is 4.39 Å². The Morgan fingerprint density at radius 2 is 1.82 bits per heavy atom. The van der Waals surface area contributed by atoms with Crippen LogP contribution in [0.5, 0.6) is 0 Å². The second-order valence-electron chi connectivity index (χ2n) is 9.54. The van der Waals surface area contributed by atoms with Gasteiger partial charge in [-0.05, 0) is 37.8 Å². The molecule has 186 valence electrons. The summed E-state index contributed by atoms with van der Waals surface area (Å²) >= 11 is 4.82. The fraction of sp³-hybridized carbons (Fsp3) is 0.615. The van der Waals surface area contributed by atoms with Crippen LogP contribution in [-0.4, -0.2) is 90.7 Å². The largest absolute Gasteiger partial charge is 0.465 e. The number of halogens is 1. The average Bonchev–Trinajstić information content (AvgIpc) is 3.67. The summed E-state index contributed by atoms with van der Waals surface area (Å²) in [7, 11) is 0. The summed E-state index contributed by atoms with van der Waals surface area (Å²) < 4.78 is 19.8. The third kappa shape index (κ3) is 6.47. The van der Waals surface area contributed by atoms with Crippen molar-refractivity contribution in [1.29, 1.82) is 0 Å². The Kier molecular flexibility index (Phi) is 8.80. The van der Waals surface area contributed by atoms with Gasteiger partial charge in [0.15, 0.2) is 5.78 Å². The summed E-state index contributed by atoms with van der Waals surface area (Å²) in [4.78, 5) is 31.6. The van der Waals surface area contributed by atoms with E-state index in [4.69, 9.17) is 17.4 Å². The van der Waals surface area contributed by atoms with E-state index < -0.39 is 6.04 Å². The van der Waals surface area contributed by atoms with Gasteiger partial charge in [-0.2, -0.15) is 12.6 Å². The molecule has 2 heterocycles. The van der Waals surface area contributed by atoms with Gasteiger partial charge in [-0.1, -0.05) is 24.3 Å². The van der Waals surface area contributed by atoms with E-state index in [9.17, 15) is 14.0 Å². The number of ketones is 1. The second kappa shape index (κ2) is 11.8. The Labute approximate surface area is 207 Å². The summed E-state index contributed by atoms with van der Waals surface area (Å²) in [6.45, 7) is 8.22. The van der Waals surface area contributed by atoms with Crippen molar-refractivity contribution < 1.29 is 18.7 Å². The van der Waals surface area contributed by atoms with Crippen molar-refractivity contribution in [3.63, 3.8) is 0 Å². The van der Waals surface area contributed by atoms with Gasteiger partial charge in [0.1, 0.15) is 5.82 Å². The molecule has 6 nitrogen and oxygen atoms in total. The molecular formula is C26H36FN3O3S. The lowest BCUT2D eigenvalue weighted by Crippen LogP contribution is -2.48. The predicted octanol–water partition coefficient (Wildman–Crippen LogP) is 2.96. The van der Waals surface area contributed by atoms with Crippen LogP contribution < -0.4 is 0 Å². The SMILES string of the molecule is CCOC(=O)CN1CCN(C/C=C2\CN(C(C(=O)C3CC3)c3ccccc3F)CCC2S)CC1. The van der Waals surface area contributed by atoms with E-state index in [0.29, 0.717) is 25.3 Å². The maximum absolute atomic E-state index is 14.7. The molecule has 3 aliphatic rings. The van der Waals surface area contributed by atoms with E-state index in [2.05, 4.69) is 20.8 Å². The number of hydrogen-bond acceptors (Lipinski definition) is 7. The highest BCUT2D eigenvalue weighted by Gasteiger charge is 2.40. The molecule has 0 spiro atoms. The highest BCUT2D eigenvalue weighted by Crippen LogP contribution is 2.39. The standard InChI is InChI=1S/C26H36FN3O3S/c1-2-33-24(31)18-29-15-13-28(14-16-29)11-9-20-17-30(12-10-23(20)34)25(26(32)19-7-8-19)21-5-3-4-6-22(21)27/h3-6,9,19,23,25,34H,2,7-8,10-18H2,1H3/b20-9+. The van der Waals surface area contributed by atoms with Crippen molar-refractivity contribution in [3.05, 3.63) is 47.3 Å². The van der Waals surface area contributed by atoms with Crippen LogP contribution >= 0.6 is 12.6 Å². The molecule has 3 fully saturated rings. The summed E-state index contributed by atoms with van der Waals surface area (Å²) in [6, 6.07) is 6.17. The fourth-order valence-corrected chi connectivity index (χ4v) is 5.20. The van der Waals surface area contributed by atoms with Crippen molar-refractivity contribution in [2.75, 3.05) is 59.0 Å². The van der Waals surface area contributed by atoms with Crippen LogP contribution in [0.2, 0.25) is 0 Å². The number of carbonyl (C=O) groups excluding carboxylic acids is 2. The molecule has 2 atom stereocenters. The Hall–Kier alpha value is -1.74. The van der Waals surface area contributed by atoms with Gasteiger partial charge < -0.3 is 4.74 Å². The number of esters is 1. The molecule has 4 rings (SSSR count). The van der Waals surface area contributed by atoms with Gasteiger partial charge in [-0.25, -0.2) is 4.39 Å². The first-order valence-electron chi connectivity index (χ1n) is 12.5. The first-order chi connectivity index (χ1) is 16.5. The lowest BCUT2D eigenvalue weighted by molar-refractivity contribution is -0.144. The molecule has 1 saturated carbocycles. The molecule has 2 aliphatic heterocycles. The zero-order valence-corrected chi connectivity index (χ0v) is 20.9. The second-order valence-corrected chi connectivity index (χ2v) is 10.2. The lowest BCUT2D eigenvalue weighted by atomic mass is 9.93. The van der Waals surface area contributed by atoms with E-state index in [-0.39, 0.29) is 28.7 Å². The molecule has 2 unspecified atom stereocenters. The molecule has 0 bridgehead atoms. The van der Waals surface area contributed by atoms with Crippen LogP contribution in [-0.2, 0) is 14.3 Å². The minimum Gasteiger partial charge on any atom is -0.465 e. The van der Waals surface area contributed by atoms with E-state index in [1.807, 2.05) is 13.0 Å². The smallest absolute Gasteiger partial charge is 0.320 e. The molecule has 0 amide bonds. The Morgan fingerprint density at radius 1 is 1.12 bits per heavy atom. The van der Waals surface area contributed by atoms with Crippen LogP contribution in [0.3, 0.4) is 0 Å². The molecule has 0 aromatic heterocycles. The van der Waals surface area contributed by atoms with Gasteiger partial charge in [0, 0.05) is 62.5 Å². The van der Waals surface area contributed by atoms with Gasteiger partial charge >= 0.3 is 5.97 Å². The van der Waals surface area contributed by atoms with Crippen molar-refractivity contribution in [2.45, 2.75) is 37.5 Å². The molecule has 0 N–H and O–H groups in total. The van der Waals surface area contributed by atoms with Gasteiger partial charge in [-0.15, -0.1) is 0 Å². The zero-order valence-electron chi connectivity index (χ0n) is 20.0. The van der Waals surface area contributed by atoms with Gasteiger partial charge in [0.2, 0.25) is 0 Å². The fourth-order valence-electron chi connectivity index (χ4n) is 4.90. The van der Waals surface area contributed by atoms with Crippen LogP contribution in [0.15, 0.2) is 35.9 Å². The van der Waals surface area contributed by atoms with Crippen molar-refractivity contribution in [1.82, 2.24) is 14.7 Å². The highest BCUT2D eigenvalue weighted by atomic mass is 32.1. The zero-order chi connectivity index (χ0) is 24.1. The van der Waals surface area contributed by atoms with E-state index in [0.717, 1.165) is 58.5 Å². The Balaban J connectivity index is 1.38. The molecule has 0 radical (unpaired) electrons. The Bertz CT molecular complexity index is 899. The van der Waals surface area contributed by atoms with E-state index >= 15 is 0 Å². The minimum absolute atomic E-state index is 0.0664. The summed E-state index contributed by atoms with van der Waals surface area (Å²) in [6.07, 6.45) is 4.91. The number of piperazine rings is 1. The molecule has 2 saturated heterocycles. The number of ether oxygens (including phenoxy) is 1. The molecular weight excluding hydrogens is 453 g/mol.